The maximum Gasteiger partial charge on any atom is 0.335 e. The zero-order chi connectivity index (χ0) is 29.3. The summed E-state index contributed by atoms with van der Waals surface area (Å²) in [6.45, 7) is 6.89. The number of rotatable bonds is 9. The van der Waals surface area contributed by atoms with Gasteiger partial charge in [0.05, 0.1) is 35.0 Å². The van der Waals surface area contributed by atoms with Crippen LogP contribution in [-0.4, -0.2) is 46.1 Å². The SMILES string of the molecule is COCCOc1ccc(N2C(=S)N[C@H](c3ccccn3)[C@H]2c2cc(C)n(-c3cc(C(=O)O)ccc3C)c2C)cc1Cl. The van der Waals surface area contributed by atoms with Crippen molar-refractivity contribution in [1.82, 2.24) is 14.9 Å². The third kappa shape index (κ3) is 5.53. The van der Waals surface area contributed by atoms with Crippen molar-refractivity contribution in [2.45, 2.75) is 32.9 Å². The molecule has 0 aliphatic carbocycles. The summed E-state index contributed by atoms with van der Waals surface area (Å²) in [6, 6.07) is 18.3. The Balaban J connectivity index is 1.63. The van der Waals surface area contributed by atoms with E-state index >= 15 is 0 Å². The number of methoxy groups -OCH3 is 1. The Morgan fingerprint density at radius 2 is 1.90 bits per heavy atom. The van der Waals surface area contributed by atoms with Gasteiger partial charge in [-0.1, -0.05) is 23.7 Å². The number of carboxylic acid groups (broad SMARTS) is 1. The van der Waals surface area contributed by atoms with Crippen molar-refractivity contribution in [3.63, 3.8) is 0 Å². The number of thiocarbonyl (C=S) groups is 1. The van der Waals surface area contributed by atoms with Crippen LogP contribution in [0.5, 0.6) is 5.75 Å². The van der Waals surface area contributed by atoms with Gasteiger partial charge in [0.1, 0.15) is 12.4 Å². The van der Waals surface area contributed by atoms with Crippen LogP contribution in [0.25, 0.3) is 5.69 Å². The van der Waals surface area contributed by atoms with Crippen molar-refractivity contribution in [3.8, 4) is 11.4 Å². The number of nitrogens with one attached hydrogen (secondary N) is 1. The minimum atomic E-state index is -0.966. The summed E-state index contributed by atoms with van der Waals surface area (Å²) in [5.74, 6) is -0.400. The predicted molar refractivity (Wildman–Crippen MR) is 164 cm³/mol. The number of nitrogens with zero attached hydrogens (tertiary/aromatic N) is 3. The lowest BCUT2D eigenvalue weighted by molar-refractivity contribution is 0.0697. The lowest BCUT2D eigenvalue weighted by Gasteiger charge is -2.28. The fourth-order valence-corrected chi connectivity index (χ4v) is 5.96. The second-order valence-electron chi connectivity index (χ2n) is 9.92. The Morgan fingerprint density at radius 3 is 2.59 bits per heavy atom. The molecule has 5 rings (SSSR count). The van der Waals surface area contributed by atoms with Gasteiger partial charge in [-0.25, -0.2) is 4.79 Å². The number of ether oxygens (including phenoxy) is 2. The van der Waals surface area contributed by atoms with Gasteiger partial charge in [0, 0.05) is 36.1 Å². The van der Waals surface area contributed by atoms with Gasteiger partial charge in [-0.3, -0.25) is 4.98 Å². The van der Waals surface area contributed by atoms with Gasteiger partial charge in [0.15, 0.2) is 5.11 Å². The van der Waals surface area contributed by atoms with Crippen LogP contribution in [0.15, 0.2) is 66.9 Å². The van der Waals surface area contributed by atoms with Crippen molar-refractivity contribution in [2.24, 2.45) is 0 Å². The highest BCUT2D eigenvalue weighted by molar-refractivity contribution is 7.80. The fourth-order valence-electron chi connectivity index (χ4n) is 5.38. The lowest BCUT2D eigenvalue weighted by Crippen LogP contribution is -2.29. The molecule has 10 heteroatoms. The van der Waals surface area contributed by atoms with E-state index < -0.39 is 5.97 Å². The summed E-state index contributed by atoms with van der Waals surface area (Å²) in [7, 11) is 1.62. The third-order valence-corrected chi connectivity index (χ3v) is 7.93. The first-order valence-corrected chi connectivity index (χ1v) is 13.9. The normalized spacial score (nSPS) is 16.6. The molecule has 1 aliphatic heterocycles. The number of hydrogen-bond donors (Lipinski definition) is 2. The summed E-state index contributed by atoms with van der Waals surface area (Å²) in [5, 5.41) is 14.1. The van der Waals surface area contributed by atoms with Crippen molar-refractivity contribution in [1.29, 1.82) is 0 Å². The van der Waals surface area contributed by atoms with Crippen LogP contribution in [0, 0.1) is 20.8 Å². The molecule has 2 aromatic heterocycles. The Kier molecular flexibility index (Phi) is 8.30. The monoisotopic (exact) mass is 590 g/mol. The van der Waals surface area contributed by atoms with E-state index in [0.717, 1.165) is 39.6 Å². The maximum atomic E-state index is 11.8. The number of benzene rings is 2. The van der Waals surface area contributed by atoms with Crippen LogP contribution in [0.2, 0.25) is 5.02 Å². The molecule has 0 saturated carbocycles. The first-order chi connectivity index (χ1) is 19.7. The predicted octanol–water partition coefficient (Wildman–Crippen LogP) is 6.35. The molecule has 1 fully saturated rings. The van der Waals surface area contributed by atoms with Crippen molar-refractivity contribution in [3.05, 3.63) is 106 Å². The quantitative estimate of drug-likeness (QED) is 0.172. The molecule has 2 N–H and O–H groups in total. The molecule has 2 atom stereocenters. The molecule has 0 amide bonds. The number of carbonyl (C=O) groups is 1. The molecule has 41 heavy (non-hydrogen) atoms. The largest absolute Gasteiger partial charge is 0.490 e. The molecule has 8 nitrogen and oxygen atoms in total. The molecule has 0 bridgehead atoms. The first kappa shape index (κ1) is 28.6. The van der Waals surface area contributed by atoms with E-state index in [-0.39, 0.29) is 17.6 Å². The molecular weight excluding hydrogens is 560 g/mol. The van der Waals surface area contributed by atoms with Gasteiger partial charge >= 0.3 is 5.97 Å². The first-order valence-electron chi connectivity index (χ1n) is 13.2. The van der Waals surface area contributed by atoms with E-state index in [1.54, 1.807) is 25.4 Å². The van der Waals surface area contributed by atoms with Crippen LogP contribution in [-0.2, 0) is 4.74 Å². The van der Waals surface area contributed by atoms with Crippen molar-refractivity contribution in [2.75, 3.05) is 25.2 Å². The smallest absolute Gasteiger partial charge is 0.335 e. The molecule has 0 unspecified atom stereocenters. The van der Waals surface area contributed by atoms with E-state index in [9.17, 15) is 9.90 Å². The number of aryl methyl sites for hydroxylation is 2. The van der Waals surface area contributed by atoms with Crippen LogP contribution >= 0.6 is 23.8 Å². The van der Waals surface area contributed by atoms with Gasteiger partial charge in [-0.2, -0.15) is 0 Å². The topological polar surface area (TPSA) is 88.9 Å². The highest BCUT2D eigenvalue weighted by atomic mass is 35.5. The highest BCUT2D eigenvalue weighted by Crippen LogP contribution is 2.45. The van der Waals surface area contributed by atoms with Gasteiger partial charge in [-0.15, -0.1) is 0 Å². The Bertz CT molecular complexity index is 1610. The van der Waals surface area contributed by atoms with Gasteiger partial charge in [0.2, 0.25) is 0 Å². The molecule has 0 spiro atoms. The average molecular weight is 591 g/mol. The molecular formula is C31H31ClN4O4S. The van der Waals surface area contributed by atoms with E-state index in [4.69, 9.17) is 33.3 Å². The van der Waals surface area contributed by atoms with Crippen molar-refractivity contribution < 1.29 is 19.4 Å². The average Bonchev–Trinajstić information content (AvgIpc) is 3.45. The molecule has 1 aliphatic rings. The highest BCUT2D eigenvalue weighted by Gasteiger charge is 2.42. The Labute approximate surface area is 249 Å². The van der Waals surface area contributed by atoms with Gasteiger partial charge < -0.3 is 29.4 Å². The minimum absolute atomic E-state index is 0.235. The number of halogens is 1. The molecule has 212 valence electrons. The van der Waals surface area contributed by atoms with Crippen molar-refractivity contribution >= 4 is 40.6 Å². The maximum absolute atomic E-state index is 11.8. The summed E-state index contributed by atoms with van der Waals surface area (Å²) >= 11 is 12.6. The molecule has 1 saturated heterocycles. The number of hydrogen-bond acceptors (Lipinski definition) is 5. The number of pyridine rings is 1. The number of aromatic carboxylic acids is 1. The van der Waals surface area contributed by atoms with Gasteiger partial charge in [0.25, 0.3) is 0 Å². The lowest BCUT2D eigenvalue weighted by atomic mass is 9.96. The second-order valence-corrected chi connectivity index (χ2v) is 10.7. The van der Waals surface area contributed by atoms with E-state index in [1.165, 1.54) is 0 Å². The summed E-state index contributed by atoms with van der Waals surface area (Å²) < 4.78 is 13.0. The number of anilines is 1. The molecule has 3 heterocycles. The Morgan fingerprint density at radius 1 is 1.10 bits per heavy atom. The molecule has 0 radical (unpaired) electrons. The van der Waals surface area contributed by atoms with Crippen LogP contribution in [0.3, 0.4) is 0 Å². The standard InChI is InChI=1S/C31H31ClN4O4S/c1-18-8-9-21(30(37)38)16-26(18)35-19(2)15-23(20(35)3)29-28(25-7-5-6-12-33-25)34-31(41)36(29)22-10-11-27(24(32)17-22)40-14-13-39-4/h5-12,15-17,28-29H,13-14H2,1-4H3,(H,34,41)(H,37,38)/t28-,29-/m1/s1. The van der Waals surface area contributed by atoms with Crippen LogP contribution < -0.4 is 15.0 Å². The van der Waals surface area contributed by atoms with E-state index in [2.05, 4.69) is 25.8 Å². The molecule has 4 aromatic rings. The summed E-state index contributed by atoms with van der Waals surface area (Å²) in [5.41, 5.74) is 6.66. The minimum Gasteiger partial charge on any atom is -0.490 e. The van der Waals surface area contributed by atoms with Gasteiger partial charge in [-0.05, 0) is 92.6 Å². The van der Waals surface area contributed by atoms with Crippen LogP contribution in [0.4, 0.5) is 5.69 Å². The fraction of sp³-hybridized carbons (Fsp3) is 0.258. The molecule has 2 aromatic carbocycles. The zero-order valence-electron chi connectivity index (χ0n) is 23.2. The van der Waals surface area contributed by atoms with E-state index in [0.29, 0.717) is 29.1 Å². The second kappa shape index (κ2) is 11.9. The third-order valence-electron chi connectivity index (χ3n) is 7.32. The summed E-state index contributed by atoms with van der Waals surface area (Å²) in [4.78, 5) is 18.5. The zero-order valence-corrected chi connectivity index (χ0v) is 24.8. The number of aromatic nitrogens is 2. The van der Waals surface area contributed by atoms with E-state index in [1.807, 2.05) is 63.2 Å². The Hall–Kier alpha value is -3.92. The summed E-state index contributed by atoms with van der Waals surface area (Å²) in [6.07, 6.45) is 1.77. The van der Waals surface area contributed by atoms with Crippen LogP contribution in [0.1, 0.15) is 50.7 Å². The number of carboxylic acids is 1.